The summed E-state index contributed by atoms with van der Waals surface area (Å²) in [4.78, 5) is 2.60. The van der Waals surface area contributed by atoms with E-state index in [4.69, 9.17) is 0 Å². The number of nitrogens with one attached hydrogen (secondary N) is 1. The van der Waals surface area contributed by atoms with Crippen molar-refractivity contribution in [2.45, 2.75) is 57.0 Å². The zero-order valence-electron chi connectivity index (χ0n) is 10.9. The molecule has 1 saturated carbocycles. The van der Waals surface area contributed by atoms with Gasteiger partial charge in [0.05, 0.1) is 0 Å². The summed E-state index contributed by atoms with van der Waals surface area (Å²) >= 11 is 0. The molecular formula is C14H26N2. The zero-order valence-corrected chi connectivity index (χ0v) is 10.9. The van der Waals surface area contributed by atoms with Gasteiger partial charge >= 0.3 is 0 Å². The molecular weight excluding hydrogens is 196 g/mol. The third-order valence-electron chi connectivity index (χ3n) is 4.41. The van der Waals surface area contributed by atoms with E-state index >= 15 is 0 Å². The largest absolute Gasteiger partial charge is 0.308 e. The molecule has 0 aromatic heterocycles. The van der Waals surface area contributed by atoms with Gasteiger partial charge in [0.25, 0.3) is 0 Å². The number of hydrogen-bond acceptors (Lipinski definition) is 2. The van der Waals surface area contributed by atoms with Gasteiger partial charge in [-0.25, -0.2) is 0 Å². The maximum Gasteiger partial charge on any atom is 0.0309 e. The van der Waals surface area contributed by atoms with Crippen molar-refractivity contribution in [3.8, 4) is 0 Å². The predicted octanol–water partition coefficient (Wildman–Crippen LogP) is 2.56. The summed E-state index contributed by atoms with van der Waals surface area (Å²) in [5, 5.41) is 3.84. The van der Waals surface area contributed by atoms with E-state index < -0.39 is 0 Å². The van der Waals surface area contributed by atoms with Gasteiger partial charge in [-0.1, -0.05) is 25.3 Å². The summed E-state index contributed by atoms with van der Waals surface area (Å²) in [5.41, 5.74) is 0.688. The van der Waals surface area contributed by atoms with Crippen molar-refractivity contribution >= 4 is 0 Å². The molecule has 1 saturated heterocycles. The van der Waals surface area contributed by atoms with Crippen molar-refractivity contribution in [3.63, 3.8) is 0 Å². The Bertz CT molecular complexity index is 251. The standard InChI is InChI=1S/C14H26N2/c1-4-10-16-12-14(8-6-5-7-9-14)15-11-13(16,2)3/h4,15H,1,5-12H2,2-3H3. The molecule has 0 aromatic carbocycles. The second-order valence-corrected chi connectivity index (χ2v) is 6.18. The SMILES string of the molecule is C=CCN1CC2(CCCCC2)NCC1(C)C. The fraction of sp³-hybridized carbons (Fsp3) is 0.857. The highest BCUT2D eigenvalue weighted by Gasteiger charge is 2.42. The van der Waals surface area contributed by atoms with E-state index in [1.54, 1.807) is 0 Å². The molecule has 1 heterocycles. The number of hydrogen-bond donors (Lipinski definition) is 1. The molecule has 1 spiro atoms. The van der Waals surface area contributed by atoms with Gasteiger partial charge in [0.15, 0.2) is 0 Å². The van der Waals surface area contributed by atoms with Crippen LogP contribution in [0, 0.1) is 0 Å². The molecule has 2 rings (SSSR count). The van der Waals surface area contributed by atoms with Crippen molar-refractivity contribution < 1.29 is 0 Å². The molecule has 2 aliphatic rings. The first-order valence-corrected chi connectivity index (χ1v) is 6.69. The first-order valence-electron chi connectivity index (χ1n) is 6.69. The lowest BCUT2D eigenvalue weighted by atomic mass is 9.78. The van der Waals surface area contributed by atoms with Crippen molar-refractivity contribution in [3.05, 3.63) is 12.7 Å². The molecule has 0 amide bonds. The van der Waals surface area contributed by atoms with Crippen LogP contribution in [-0.4, -0.2) is 35.6 Å². The van der Waals surface area contributed by atoms with Crippen molar-refractivity contribution in [2.75, 3.05) is 19.6 Å². The van der Waals surface area contributed by atoms with Crippen LogP contribution in [0.4, 0.5) is 0 Å². The predicted molar refractivity (Wildman–Crippen MR) is 69.7 cm³/mol. The number of piperazine rings is 1. The van der Waals surface area contributed by atoms with E-state index in [9.17, 15) is 0 Å². The minimum atomic E-state index is 0.275. The second kappa shape index (κ2) is 4.50. The minimum absolute atomic E-state index is 0.275. The molecule has 2 heteroatoms. The van der Waals surface area contributed by atoms with E-state index in [0.29, 0.717) is 5.54 Å². The normalized spacial score (nSPS) is 29.1. The third-order valence-corrected chi connectivity index (χ3v) is 4.41. The molecule has 0 unspecified atom stereocenters. The van der Waals surface area contributed by atoms with Gasteiger partial charge in [0.2, 0.25) is 0 Å². The van der Waals surface area contributed by atoms with Crippen molar-refractivity contribution in [1.29, 1.82) is 0 Å². The Labute approximate surface area is 100 Å². The first kappa shape index (κ1) is 12.1. The summed E-state index contributed by atoms with van der Waals surface area (Å²) in [6.07, 6.45) is 8.98. The van der Waals surface area contributed by atoms with Crippen LogP contribution in [0.3, 0.4) is 0 Å². The van der Waals surface area contributed by atoms with Crippen molar-refractivity contribution in [2.24, 2.45) is 0 Å². The monoisotopic (exact) mass is 222 g/mol. The third kappa shape index (κ3) is 2.33. The molecule has 0 atom stereocenters. The maximum absolute atomic E-state index is 3.89. The van der Waals surface area contributed by atoms with Gasteiger partial charge in [0.1, 0.15) is 0 Å². The van der Waals surface area contributed by atoms with Gasteiger partial charge in [-0.2, -0.15) is 0 Å². The molecule has 2 fully saturated rings. The molecule has 0 radical (unpaired) electrons. The van der Waals surface area contributed by atoms with Crippen molar-refractivity contribution in [1.82, 2.24) is 10.2 Å². The minimum Gasteiger partial charge on any atom is -0.308 e. The zero-order chi connectivity index (χ0) is 11.6. The maximum atomic E-state index is 3.89. The molecule has 1 aliphatic heterocycles. The lowest BCUT2D eigenvalue weighted by Gasteiger charge is -2.53. The van der Waals surface area contributed by atoms with Gasteiger partial charge in [-0.05, 0) is 26.7 Å². The lowest BCUT2D eigenvalue weighted by Crippen LogP contribution is -2.68. The van der Waals surface area contributed by atoms with Crippen LogP contribution in [0.2, 0.25) is 0 Å². The molecule has 92 valence electrons. The van der Waals surface area contributed by atoms with Gasteiger partial charge < -0.3 is 5.32 Å². The Balaban J connectivity index is 2.07. The van der Waals surface area contributed by atoms with E-state index in [-0.39, 0.29) is 5.54 Å². The summed E-state index contributed by atoms with van der Waals surface area (Å²) in [5.74, 6) is 0. The van der Waals surface area contributed by atoms with E-state index in [2.05, 4.69) is 30.6 Å². The molecule has 0 aromatic rings. The van der Waals surface area contributed by atoms with Crippen LogP contribution < -0.4 is 5.32 Å². The van der Waals surface area contributed by atoms with E-state index in [1.807, 2.05) is 6.08 Å². The average molecular weight is 222 g/mol. The van der Waals surface area contributed by atoms with Crippen LogP contribution in [-0.2, 0) is 0 Å². The average Bonchev–Trinajstić information content (AvgIpc) is 2.26. The lowest BCUT2D eigenvalue weighted by molar-refractivity contribution is 0.0195. The van der Waals surface area contributed by atoms with Crippen LogP contribution in [0.5, 0.6) is 0 Å². The smallest absolute Gasteiger partial charge is 0.0309 e. The number of rotatable bonds is 2. The van der Waals surface area contributed by atoms with Gasteiger partial charge in [-0.15, -0.1) is 6.58 Å². The Morgan fingerprint density at radius 3 is 2.56 bits per heavy atom. The summed E-state index contributed by atoms with van der Waals surface area (Å²) < 4.78 is 0. The van der Waals surface area contributed by atoms with Crippen LogP contribution >= 0.6 is 0 Å². The quantitative estimate of drug-likeness (QED) is 0.722. The first-order chi connectivity index (χ1) is 7.58. The Morgan fingerprint density at radius 1 is 1.25 bits per heavy atom. The second-order valence-electron chi connectivity index (χ2n) is 6.18. The summed E-state index contributed by atoms with van der Waals surface area (Å²) in [6.45, 7) is 11.9. The van der Waals surface area contributed by atoms with E-state index in [0.717, 1.165) is 13.1 Å². The highest BCUT2D eigenvalue weighted by atomic mass is 15.3. The molecule has 1 aliphatic carbocycles. The van der Waals surface area contributed by atoms with Crippen LogP contribution in [0.15, 0.2) is 12.7 Å². The van der Waals surface area contributed by atoms with Gasteiger partial charge in [-0.3, -0.25) is 4.90 Å². The topological polar surface area (TPSA) is 15.3 Å². The molecule has 2 nitrogen and oxygen atoms in total. The molecule has 16 heavy (non-hydrogen) atoms. The Kier molecular flexibility index (Phi) is 3.41. The number of nitrogens with zero attached hydrogens (tertiary/aromatic N) is 1. The van der Waals surface area contributed by atoms with Crippen LogP contribution in [0.1, 0.15) is 46.0 Å². The fourth-order valence-electron chi connectivity index (χ4n) is 3.18. The van der Waals surface area contributed by atoms with Crippen LogP contribution in [0.25, 0.3) is 0 Å². The Morgan fingerprint density at radius 2 is 1.94 bits per heavy atom. The Hall–Kier alpha value is -0.340. The van der Waals surface area contributed by atoms with E-state index in [1.165, 1.54) is 38.6 Å². The summed E-state index contributed by atoms with van der Waals surface area (Å²) in [7, 11) is 0. The molecule has 0 bridgehead atoms. The highest BCUT2D eigenvalue weighted by molar-refractivity contribution is 5.04. The van der Waals surface area contributed by atoms with Gasteiger partial charge in [0, 0.05) is 30.7 Å². The molecule has 1 N–H and O–H groups in total. The summed E-state index contributed by atoms with van der Waals surface area (Å²) in [6, 6.07) is 0. The fourth-order valence-corrected chi connectivity index (χ4v) is 3.18. The highest BCUT2D eigenvalue weighted by Crippen LogP contribution is 2.34.